The average molecular weight is 244 g/mol. The van der Waals surface area contributed by atoms with Crippen LogP contribution in [0.3, 0.4) is 0 Å². The van der Waals surface area contributed by atoms with Crippen LogP contribution < -0.4 is 5.73 Å². The van der Waals surface area contributed by atoms with Gasteiger partial charge in [0.05, 0.1) is 0 Å². The Labute approximate surface area is 104 Å². The van der Waals surface area contributed by atoms with Gasteiger partial charge in [-0.1, -0.05) is 12.1 Å². The van der Waals surface area contributed by atoms with E-state index in [0.717, 1.165) is 5.56 Å². The lowest BCUT2D eigenvalue weighted by molar-refractivity contribution is -0.121. The highest BCUT2D eigenvalue weighted by molar-refractivity contribution is 5.82. The van der Waals surface area contributed by atoms with Crippen LogP contribution in [0.5, 0.6) is 0 Å². The maximum atomic E-state index is 11.2. The van der Waals surface area contributed by atoms with Crippen LogP contribution in [-0.4, -0.2) is 17.2 Å². The Bertz CT molecular complexity index is 536. The van der Waals surface area contributed by atoms with E-state index in [4.69, 9.17) is 15.2 Å². The molecular formula is C13H12N2O3. The molecule has 0 aromatic carbocycles. The Morgan fingerprint density at radius 3 is 3.06 bits per heavy atom. The number of allylic oxidation sites excluding steroid dienone is 1. The van der Waals surface area contributed by atoms with E-state index in [0.29, 0.717) is 17.9 Å². The fraction of sp³-hybridized carbons (Fsp3) is 0.231. The Hall–Kier alpha value is -2.30. The number of primary amides is 1. The molecule has 3 rings (SSSR count). The molecule has 0 saturated heterocycles. The molecule has 2 unspecified atom stereocenters. The van der Waals surface area contributed by atoms with Crippen molar-refractivity contribution in [2.24, 2.45) is 11.7 Å². The number of hydrogen-bond donors (Lipinski definition) is 1. The zero-order valence-electron chi connectivity index (χ0n) is 9.58. The molecule has 18 heavy (non-hydrogen) atoms. The Morgan fingerprint density at radius 2 is 2.33 bits per heavy atom. The van der Waals surface area contributed by atoms with Gasteiger partial charge in [-0.15, -0.1) is 0 Å². The maximum Gasteiger partial charge on any atom is 0.245 e. The summed E-state index contributed by atoms with van der Waals surface area (Å²) in [7, 11) is 0. The highest BCUT2D eigenvalue weighted by Crippen LogP contribution is 2.35. The van der Waals surface area contributed by atoms with Gasteiger partial charge >= 0.3 is 0 Å². The smallest absolute Gasteiger partial charge is 0.245 e. The molecule has 1 amide bonds. The second kappa shape index (κ2) is 4.18. The van der Waals surface area contributed by atoms with Crippen molar-refractivity contribution in [2.45, 2.75) is 12.7 Å². The van der Waals surface area contributed by atoms with Gasteiger partial charge in [-0.05, 0) is 17.7 Å². The van der Waals surface area contributed by atoms with Gasteiger partial charge in [0.25, 0.3) is 0 Å². The second-order valence-corrected chi connectivity index (χ2v) is 4.20. The van der Waals surface area contributed by atoms with Gasteiger partial charge in [-0.25, -0.2) is 0 Å². The van der Waals surface area contributed by atoms with Gasteiger partial charge in [-0.3, -0.25) is 9.78 Å². The number of aromatic nitrogens is 1. The van der Waals surface area contributed by atoms with E-state index >= 15 is 0 Å². The quantitative estimate of drug-likeness (QED) is 0.856. The van der Waals surface area contributed by atoms with Crippen molar-refractivity contribution in [3.8, 4) is 0 Å². The number of rotatable bonds is 3. The molecule has 2 heterocycles. The molecule has 1 aliphatic heterocycles. The average Bonchev–Trinajstić information content (AvgIpc) is 2.89. The molecule has 2 N–H and O–H groups in total. The lowest BCUT2D eigenvalue weighted by Gasteiger charge is -2.14. The van der Waals surface area contributed by atoms with Gasteiger partial charge < -0.3 is 15.2 Å². The molecule has 1 aliphatic carbocycles. The highest BCUT2D eigenvalue weighted by Gasteiger charge is 2.36. The van der Waals surface area contributed by atoms with Gasteiger partial charge in [-0.2, -0.15) is 0 Å². The Balaban J connectivity index is 1.68. The summed E-state index contributed by atoms with van der Waals surface area (Å²) < 4.78 is 11.2. The van der Waals surface area contributed by atoms with Crippen LogP contribution in [0.1, 0.15) is 5.56 Å². The Kier molecular flexibility index (Phi) is 2.51. The molecule has 92 valence electrons. The van der Waals surface area contributed by atoms with Crippen molar-refractivity contribution < 1.29 is 14.3 Å². The number of nitrogens with two attached hydrogens (primary N) is 1. The normalized spacial score (nSPS) is 24.7. The predicted octanol–water partition coefficient (Wildman–Crippen LogP) is 0.880. The first kappa shape index (κ1) is 10.8. The monoisotopic (exact) mass is 244 g/mol. The minimum absolute atomic E-state index is 0.411. The minimum atomic E-state index is -0.501. The van der Waals surface area contributed by atoms with E-state index in [9.17, 15) is 4.79 Å². The molecule has 5 nitrogen and oxygen atoms in total. The number of pyridine rings is 1. The molecule has 0 saturated carbocycles. The number of hydrogen-bond acceptors (Lipinski definition) is 4. The summed E-state index contributed by atoms with van der Waals surface area (Å²) in [6.45, 7) is 0. The molecule has 0 spiro atoms. The summed E-state index contributed by atoms with van der Waals surface area (Å²) in [4.78, 5) is 15.2. The van der Waals surface area contributed by atoms with Crippen LogP contribution in [0.2, 0.25) is 0 Å². The van der Waals surface area contributed by atoms with Crippen molar-refractivity contribution in [1.82, 2.24) is 4.98 Å². The molecule has 0 fully saturated rings. The summed E-state index contributed by atoms with van der Waals surface area (Å²) >= 11 is 0. The third-order valence-electron chi connectivity index (χ3n) is 2.91. The molecule has 2 atom stereocenters. The fourth-order valence-corrected chi connectivity index (χ4v) is 2.06. The lowest BCUT2D eigenvalue weighted by Crippen LogP contribution is -2.24. The molecular weight excluding hydrogens is 232 g/mol. The van der Waals surface area contributed by atoms with Crippen molar-refractivity contribution in [3.63, 3.8) is 0 Å². The first-order valence-electron chi connectivity index (χ1n) is 5.68. The topological polar surface area (TPSA) is 74.4 Å². The van der Waals surface area contributed by atoms with Crippen LogP contribution >= 0.6 is 0 Å². The standard InChI is InChI=1S/C13H12N2O3/c14-13(16)9-3-4-10-12(9)18-11(17-10)6-8-2-1-5-15-7-8/h1-5,7,9,11H,6H2,(H2,14,16). The van der Waals surface area contributed by atoms with E-state index < -0.39 is 18.1 Å². The molecule has 0 radical (unpaired) electrons. The summed E-state index contributed by atoms with van der Waals surface area (Å²) in [6.07, 6.45) is 7.06. The second-order valence-electron chi connectivity index (χ2n) is 4.20. The third kappa shape index (κ3) is 1.84. The number of carbonyl (C=O) groups is 1. The van der Waals surface area contributed by atoms with E-state index in [1.54, 1.807) is 24.5 Å². The van der Waals surface area contributed by atoms with Crippen LogP contribution in [0.4, 0.5) is 0 Å². The van der Waals surface area contributed by atoms with Gasteiger partial charge in [0, 0.05) is 18.8 Å². The zero-order valence-corrected chi connectivity index (χ0v) is 9.58. The van der Waals surface area contributed by atoms with E-state index in [1.165, 1.54) is 0 Å². The van der Waals surface area contributed by atoms with Gasteiger partial charge in [0.1, 0.15) is 5.92 Å². The molecule has 2 aliphatic rings. The van der Waals surface area contributed by atoms with Gasteiger partial charge in [0.15, 0.2) is 11.5 Å². The molecule has 1 aromatic heterocycles. The van der Waals surface area contributed by atoms with Gasteiger partial charge in [0.2, 0.25) is 12.2 Å². The number of nitrogens with zero attached hydrogens (tertiary/aromatic N) is 1. The maximum absolute atomic E-state index is 11.2. The number of carbonyl (C=O) groups excluding carboxylic acids is 1. The first-order chi connectivity index (χ1) is 8.74. The SMILES string of the molecule is NC(=O)C1C=CC2=C1OC(Cc1cccnc1)O2. The first-order valence-corrected chi connectivity index (χ1v) is 5.68. The van der Waals surface area contributed by atoms with E-state index in [-0.39, 0.29) is 0 Å². The van der Waals surface area contributed by atoms with Crippen LogP contribution in [0.15, 0.2) is 48.2 Å². The van der Waals surface area contributed by atoms with E-state index in [2.05, 4.69) is 4.98 Å². The minimum Gasteiger partial charge on any atom is -0.454 e. The summed E-state index contributed by atoms with van der Waals surface area (Å²) in [5.74, 6) is 0.199. The fourth-order valence-electron chi connectivity index (χ4n) is 2.06. The third-order valence-corrected chi connectivity index (χ3v) is 2.91. The van der Waals surface area contributed by atoms with Crippen LogP contribution in [-0.2, 0) is 20.7 Å². The Morgan fingerprint density at radius 1 is 1.44 bits per heavy atom. The zero-order chi connectivity index (χ0) is 12.5. The lowest BCUT2D eigenvalue weighted by atomic mass is 10.1. The van der Waals surface area contributed by atoms with Crippen LogP contribution in [0.25, 0.3) is 0 Å². The van der Waals surface area contributed by atoms with Crippen molar-refractivity contribution in [2.75, 3.05) is 0 Å². The number of ether oxygens (including phenoxy) is 2. The largest absolute Gasteiger partial charge is 0.454 e. The molecule has 1 aromatic rings. The molecule has 0 bridgehead atoms. The van der Waals surface area contributed by atoms with Crippen molar-refractivity contribution in [3.05, 3.63) is 53.8 Å². The predicted molar refractivity (Wildman–Crippen MR) is 62.7 cm³/mol. The van der Waals surface area contributed by atoms with E-state index in [1.807, 2.05) is 12.1 Å². The van der Waals surface area contributed by atoms with Crippen molar-refractivity contribution in [1.29, 1.82) is 0 Å². The molecule has 5 heteroatoms. The summed E-state index contributed by atoms with van der Waals surface area (Å²) in [6, 6.07) is 3.81. The summed E-state index contributed by atoms with van der Waals surface area (Å²) in [5, 5.41) is 0. The van der Waals surface area contributed by atoms with Crippen LogP contribution in [0, 0.1) is 5.92 Å². The van der Waals surface area contributed by atoms with Crippen molar-refractivity contribution >= 4 is 5.91 Å². The number of amides is 1. The highest BCUT2D eigenvalue weighted by atomic mass is 16.7. The summed E-state index contributed by atoms with van der Waals surface area (Å²) in [5.41, 5.74) is 6.30.